The Balaban J connectivity index is 2.28. The first-order chi connectivity index (χ1) is 15.4. The third kappa shape index (κ3) is 5.94. The topological polar surface area (TPSA) is 276 Å². The molecule has 0 aromatic heterocycles. The first-order valence-electron chi connectivity index (χ1n) is 9.86. The zero-order valence-electron chi connectivity index (χ0n) is 17.1. The van der Waals surface area contributed by atoms with E-state index in [1.54, 1.807) is 0 Å². The Morgan fingerprint density at radius 3 is 2.24 bits per heavy atom. The summed E-state index contributed by atoms with van der Waals surface area (Å²) >= 11 is 0. The van der Waals surface area contributed by atoms with Gasteiger partial charge >= 0.3 is 5.97 Å². The molecule has 2 fully saturated rings. The summed E-state index contributed by atoms with van der Waals surface area (Å²) in [6, 6.07) is -1.55. The monoisotopic (exact) mass is 487 g/mol. The van der Waals surface area contributed by atoms with Gasteiger partial charge in [-0.25, -0.2) is 4.79 Å². The van der Waals surface area contributed by atoms with Crippen LogP contribution in [0.25, 0.3) is 0 Å². The summed E-state index contributed by atoms with van der Waals surface area (Å²) in [7, 11) is 0. The fourth-order valence-corrected chi connectivity index (χ4v) is 3.56. The van der Waals surface area contributed by atoms with Crippen molar-refractivity contribution in [1.82, 2.24) is 5.32 Å². The lowest BCUT2D eigenvalue weighted by molar-refractivity contribution is -0.334. The third-order valence-corrected chi connectivity index (χ3v) is 5.46. The molecule has 2 aliphatic heterocycles. The van der Waals surface area contributed by atoms with Crippen LogP contribution in [0.3, 0.4) is 0 Å². The number of hydrogen-bond donors (Lipinski definition) is 11. The fourth-order valence-electron chi connectivity index (χ4n) is 3.56. The highest BCUT2D eigenvalue weighted by Gasteiger charge is 2.56. The predicted molar refractivity (Wildman–Crippen MR) is 98.8 cm³/mol. The number of ether oxygens (including phenoxy) is 3. The number of carbonyl (C=O) groups is 2. The molecule has 2 aliphatic rings. The van der Waals surface area contributed by atoms with Gasteiger partial charge < -0.3 is 70.6 Å². The standard InChI is InChI=1S/C17H29NO15/c19-2-6(22)10(24)14-9(18-8(23)3-20)5(21)1-17(33-14,16(29)30)31-4-7-11(25)12(26)13(27)15(28)32-7/h5-7,9-15,19-22,24-28H,1-4H2,(H,18,23)(H,29,30)/t5-,6-,7?,9-,10-,11+,12?,13?,14?,15-,17-/m1/s1. The largest absolute Gasteiger partial charge is 0.477 e. The van der Waals surface area contributed by atoms with Crippen molar-refractivity contribution in [3.63, 3.8) is 0 Å². The smallest absolute Gasteiger partial charge is 0.364 e. The Kier molecular flexibility index (Phi) is 9.45. The maximum atomic E-state index is 12.0. The van der Waals surface area contributed by atoms with Gasteiger partial charge in [0.2, 0.25) is 5.91 Å². The molecule has 16 nitrogen and oxygen atoms in total. The van der Waals surface area contributed by atoms with Crippen LogP contribution in [-0.2, 0) is 23.8 Å². The van der Waals surface area contributed by atoms with E-state index >= 15 is 0 Å². The molecular weight excluding hydrogens is 458 g/mol. The number of carboxylic acids is 1. The van der Waals surface area contributed by atoms with Gasteiger partial charge in [0, 0.05) is 6.42 Å². The van der Waals surface area contributed by atoms with Gasteiger partial charge in [0.25, 0.3) is 5.79 Å². The summed E-state index contributed by atoms with van der Waals surface area (Å²) in [5.41, 5.74) is 0. The van der Waals surface area contributed by atoms with Crippen LogP contribution in [-0.4, -0.2) is 150 Å². The van der Waals surface area contributed by atoms with Crippen molar-refractivity contribution in [2.75, 3.05) is 19.8 Å². The number of aliphatic carboxylic acids is 1. The Labute approximate surface area is 186 Å². The number of hydrogen-bond acceptors (Lipinski definition) is 14. The average molecular weight is 487 g/mol. The molecule has 2 heterocycles. The summed E-state index contributed by atoms with van der Waals surface area (Å²) < 4.78 is 15.5. The van der Waals surface area contributed by atoms with E-state index < -0.39 is 105 Å². The summed E-state index contributed by atoms with van der Waals surface area (Å²) in [4.78, 5) is 23.6. The molecule has 0 aromatic carbocycles. The van der Waals surface area contributed by atoms with Crippen LogP contribution >= 0.6 is 0 Å². The number of carboxylic acid groups (broad SMARTS) is 1. The molecule has 0 radical (unpaired) electrons. The van der Waals surface area contributed by atoms with Gasteiger partial charge in [-0.1, -0.05) is 0 Å². The molecule has 4 unspecified atom stereocenters. The molecule has 2 saturated heterocycles. The molecule has 0 bridgehead atoms. The Morgan fingerprint density at radius 1 is 1.06 bits per heavy atom. The van der Waals surface area contributed by atoms with E-state index in [-0.39, 0.29) is 0 Å². The Bertz CT molecular complexity index is 681. The van der Waals surface area contributed by atoms with Crippen molar-refractivity contribution in [3.8, 4) is 0 Å². The number of rotatable bonds is 9. The lowest BCUT2D eigenvalue weighted by Gasteiger charge is -2.47. The van der Waals surface area contributed by atoms with Gasteiger partial charge in [-0.3, -0.25) is 4.79 Å². The first kappa shape index (κ1) is 27.7. The Morgan fingerprint density at radius 2 is 1.70 bits per heavy atom. The maximum Gasteiger partial charge on any atom is 0.364 e. The van der Waals surface area contributed by atoms with Crippen LogP contribution in [0.4, 0.5) is 0 Å². The molecule has 11 N–H and O–H groups in total. The zero-order chi connectivity index (χ0) is 25.1. The van der Waals surface area contributed by atoms with Crippen LogP contribution in [0.5, 0.6) is 0 Å². The molecule has 11 atom stereocenters. The van der Waals surface area contributed by atoms with E-state index in [0.29, 0.717) is 0 Å². The Hall–Kier alpha value is -1.54. The number of carbonyl (C=O) groups excluding carboxylic acids is 1. The van der Waals surface area contributed by atoms with Crippen LogP contribution < -0.4 is 5.32 Å². The zero-order valence-corrected chi connectivity index (χ0v) is 17.1. The van der Waals surface area contributed by atoms with Gasteiger partial charge in [0.15, 0.2) is 6.29 Å². The van der Waals surface area contributed by atoms with Crippen LogP contribution in [0.1, 0.15) is 6.42 Å². The quantitative estimate of drug-likeness (QED) is 0.144. The molecule has 0 spiro atoms. The van der Waals surface area contributed by atoms with E-state index in [4.69, 9.17) is 24.4 Å². The normalized spacial score (nSPS) is 41.2. The van der Waals surface area contributed by atoms with Gasteiger partial charge in [0.1, 0.15) is 49.3 Å². The van der Waals surface area contributed by atoms with Crippen molar-refractivity contribution < 1.29 is 74.9 Å². The van der Waals surface area contributed by atoms with Crippen molar-refractivity contribution in [2.45, 2.75) is 73.4 Å². The third-order valence-electron chi connectivity index (χ3n) is 5.46. The first-order valence-corrected chi connectivity index (χ1v) is 9.86. The second-order valence-corrected chi connectivity index (χ2v) is 7.75. The van der Waals surface area contributed by atoms with Crippen molar-refractivity contribution in [2.24, 2.45) is 0 Å². The second-order valence-electron chi connectivity index (χ2n) is 7.75. The molecule has 0 saturated carbocycles. The number of aliphatic hydroxyl groups excluding tert-OH is 9. The average Bonchev–Trinajstić information content (AvgIpc) is 2.79. The summed E-state index contributed by atoms with van der Waals surface area (Å²) in [6.45, 7) is -2.89. The molecule has 0 aliphatic carbocycles. The van der Waals surface area contributed by atoms with Gasteiger partial charge in [-0.15, -0.1) is 0 Å². The SMILES string of the molecule is O=C(CO)N[C@H]1C([C@H](O)[C@H](O)CO)O[C@@](OCC2O[C@@H](O)C(O)C(O)[C@H]2O)(C(=O)O)C[C@H]1O. The van der Waals surface area contributed by atoms with E-state index in [2.05, 4.69) is 5.32 Å². The van der Waals surface area contributed by atoms with Crippen molar-refractivity contribution in [3.05, 3.63) is 0 Å². The lowest BCUT2D eigenvalue weighted by Crippen LogP contribution is -2.68. The second kappa shape index (κ2) is 11.3. The molecule has 16 heteroatoms. The van der Waals surface area contributed by atoms with E-state index in [1.807, 2.05) is 0 Å². The molecule has 33 heavy (non-hydrogen) atoms. The van der Waals surface area contributed by atoms with Crippen LogP contribution in [0.2, 0.25) is 0 Å². The fraction of sp³-hybridized carbons (Fsp3) is 0.882. The minimum atomic E-state index is -2.75. The van der Waals surface area contributed by atoms with E-state index in [1.165, 1.54) is 0 Å². The highest BCUT2D eigenvalue weighted by molar-refractivity contribution is 5.78. The summed E-state index contributed by atoms with van der Waals surface area (Å²) in [6.07, 6.45) is -17.5. The van der Waals surface area contributed by atoms with E-state index in [0.717, 1.165) is 0 Å². The number of nitrogens with one attached hydrogen (secondary N) is 1. The molecule has 1 amide bonds. The van der Waals surface area contributed by atoms with Gasteiger partial charge in [0.05, 0.1) is 25.4 Å². The maximum absolute atomic E-state index is 12.0. The minimum absolute atomic E-state index is 0.861. The molecule has 192 valence electrons. The number of amides is 1. The van der Waals surface area contributed by atoms with Crippen molar-refractivity contribution >= 4 is 11.9 Å². The molecule has 2 rings (SSSR count). The highest BCUT2D eigenvalue weighted by Crippen LogP contribution is 2.34. The van der Waals surface area contributed by atoms with E-state index in [9.17, 15) is 50.4 Å². The predicted octanol–water partition coefficient (Wildman–Crippen LogP) is -7.08. The number of aliphatic hydroxyl groups is 9. The van der Waals surface area contributed by atoms with Crippen LogP contribution in [0.15, 0.2) is 0 Å². The summed E-state index contributed by atoms with van der Waals surface area (Å²) in [5.74, 6) is -5.62. The highest BCUT2D eigenvalue weighted by atomic mass is 16.7. The van der Waals surface area contributed by atoms with Crippen molar-refractivity contribution in [1.29, 1.82) is 0 Å². The van der Waals surface area contributed by atoms with Gasteiger partial charge in [-0.2, -0.15) is 0 Å². The minimum Gasteiger partial charge on any atom is -0.477 e. The van der Waals surface area contributed by atoms with Crippen LogP contribution in [0, 0.1) is 0 Å². The van der Waals surface area contributed by atoms with Gasteiger partial charge in [-0.05, 0) is 0 Å². The summed E-state index contributed by atoms with van der Waals surface area (Å²) in [5, 5.41) is 99.4. The lowest BCUT2D eigenvalue weighted by atomic mass is 9.88. The molecule has 0 aromatic rings. The molecular formula is C17H29NO15.